The summed E-state index contributed by atoms with van der Waals surface area (Å²) in [5.41, 5.74) is 3.43. The van der Waals surface area contributed by atoms with Crippen molar-refractivity contribution in [2.45, 2.75) is 12.8 Å². The largest absolute Gasteiger partial charge is 0.369 e. The minimum Gasteiger partial charge on any atom is -0.369 e. The molecule has 3 aromatic rings. The monoisotopic (exact) mass is 426 g/mol. The minimum absolute atomic E-state index is 0. The molecule has 1 aliphatic heterocycles. The van der Waals surface area contributed by atoms with Crippen LogP contribution in [0.4, 0.5) is 5.69 Å². The Labute approximate surface area is 183 Å². The van der Waals surface area contributed by atoms with Gasteiger partial charge in [0, 0.05) is 55.3 Å². The molecule has 3 nitrogen and oxygen atoms in total. The van der Waals surface area contributed by atoms with E-state index in [9.17, 15) is 4.79 Å². The molecule has 0 amide bonds. The summed E-state index contributed by atoms with van der Waals surface area (Å²) < 4.78 is 0. The quantitative estimate of drug-likeness (QED) is 0.499. The van der Waals surface area contributed by atoms with Crippen LogP contribution in [0.1, 0.15) is 20.8 Å². The number of Topliss-reactive ketones (excluding diaryl/α,β-unsaturated/α-hetero) is 1. The first kappa shape index (κ1) is 21.6. The van der Waals surface area contributed by atoms with Crippen LogP contribution in [0.15, 0.2) is 72.1 Å². The van der Waals surface area contributed by atoms with Gasteiger partial charge in [0.25, 0.3) is 0 Å². The van der Waals surface area contributed by atoms with Crippen molar-refractivity contribution in [2.75, 3.05) is 37.6 Å². The number of piperazine rings is 1. The number of carbonyl (C=O) groups excluding carboxylic acids is 1. The summed E-state index contributed by atoms with van der Waals surface area (Å²) in [6.07, 6.45) is 1.61. The molecule has 1 fully saturated rings. The predicted molar refractivity (Wildman–Crippen MR) is 125 cm³/mol. The Morgan fingerprint density at radius 1 is 0.862 bits per heavy atom. The molecule has 0 spiro atoms. The van der Waals surface area contributed by atoms with Crippen molar-refractivity contribution in [3.05, 3.63) is 88.1 Å². The first-order chi connectivity index (χ1) is 13.8. The lowest BCUT2D eigenvalue weighted by Crippen LogP contribution is -2.47. The van der Waals surface area contributed by atoms with Crippen molar-refractivity contribution in [2.24, 2.45) is 0 Å². The van der Waals surface area contributed by atoms with Crippen LogP contribution < -0.4 is 4.90 Å². The van der Waals surface area contributed by atoms with E-state index >= 15 is 0 Å². The van der Waals surface area contributed by atoms with Crippen molar-refractivity contribution in [3.63, 3.8) is 0 Å². The number of nitrogens with zero attached hydrogens (tertiary/aromatic N) is 2. The molecular weight excluding hydrogens is 400 g/mol. The third-order valence-corrected chi connectivity index (χ3v) is 6.28. The lowest BCUT2D eigenvalue weighted by molar-refractivity contribution is 0.0994. The van der Waals surface area contributed by atoms with Crippen LogP contribution in [0.3, 0.4) is 0 Å². The van der Waals surface area contributed by atoms with Gasteiger partial charge in [-0.1, -0.05) is 36.4 Å². The second-order valence-electron chi connectivity index (χ2n) is 7.29. The van der Waals surface area contributed by atoms with Crippen LogP contribution in [0.25, 0.3) is 0 Å². The summed E-state index contributed by atoms with van der Waals surface area (Å²) in [5.74, 6) is 0.194. The van der Waals surface area contributed by atoms with E-state index < -0.39 is 0 Å². The minimum atomic E-state index is 0. The van der Waals surface area contributed by atoms with E-state index in [0.29, 0.717) is 6.42 Å². The zero-order valence-electron chi connectivity index (χ0n) is 16.5. The normalized spacial score (nSPS) is 14.4. The average Bonchev–Trinajstić information content (AvgIpc) is 3.26. The molecule has 5 heteroatoms. The summed E-state index contributed by atoms with van der Waals surface area (Å²) in [6, 6.07) is 22.9. The van der Waals surface area contributed by atoms with Gasteiger partial charge in [0.05, 0.1) is 0 Å². The molecule has 1 aromatic heterocycles. The fourth-order valence-corrected chi connectivity index (χ4v) is 4.40. The Kier molecular flexibility index (Phi) is 7.87. The van der Waals surface area contributed by atoms with Crippen LogP contribution >= 0.6 is 23.7 Å². The summed E-state index contributed by atoms with van der Waals surface area (Å²) >= 11 is 1.64. The van der Waals surface area contributed by atoms with Gasteiger partial charge in [0.15, 0.2) is 5.78 Å². The molecule has 1 aliphatic rings. The number of rotatable bonds is 7. The third kappa shape index (κ3) is 5.92. The molecule has 0 N–H and O–H groups in total. The van der Waals surface area contributed by atoms with Crippen molar-refractivity contribution < 1.29 is 4.79 Å². The highest BCUT2D eigenvalue weighted by atomic mass is 35.5. The number of hydrogen-bond donors (Lipinski definition) is 0. The van der Waals surface area contributed by atoms with Crippen LogP contribution in [-0.2, 0) is 12.8 Å². The summed E-state index contributed by atoms with van der Waals surface area (Å²) in [5, 5.41) is 2.02. The third-order valence-electron chi connectivity index (χ3n) is 5.40. The van der Waals surface area contributed by atoms with E-state index in [1.54, 1.807) is 11.3 Å². The van der Waals surface area contributed by atoms with E-state index in [4.69, 9.17) is 0 Å². The van der Waals surface area contributed by atoms with Crippen LogP contribution in [0, 0.1) is 0 Å². The fourth-order valence-electron chi connectivity index (χ4n) is 3.69. The zero-order chi connectivity index (χ0) is 19.2. The lowest BCUT2D eigenvalue weighted by atomic mass is 10.1. The van der Waals surface area contributed by atoms with Gasteiger partial charge in [-0.25, -0.2) is 0 Å². The molecule has 29 heavy (non-hydrogen) atoms. The molecule has 0 atom stereocenters. The highest BCUT2D eigenvalue weighted by Gasteiger charge is 2.17. The first-order valence-corrected chi connectivity index (χ1v) is 10.8. The van der Waals surface area contributed by atoms with Gasteiger partial charge in [-0.05, 0) is 47.7 Å². The summed E-state index contributed by atoms with van der Waals surface area (Å²) in [4.78, 5) is 18.5. The van der Waals surface area contributed by atoms with Crippen molar-refractivity contribution in [1.29, 1.82) is 0 Å². The van der Waals surface area contributed by atoms with E-state index in [1.165, 1.54) is 11.3 Å². The Bertz CT molecular complexity index is 873. The number of halogens is 1. The number of hydrogen-bond acceptors (Lipinski definition) is 4. The van der Waals surface area contributed by atoms with E-state index in [1.807, 2.05) is 29.6 Å². The molecule has 0 aliphatic carbocycles. The Morgan fingerprint density at radius 3 is 2.24 bits per heavy atom. The number of ketones is 1. The highest BCUT2D eigenvalue weighted by molar-refractivity contribution is 7.10. The van der Waals surface area contributed by atoms with Crippen molar-refractivity contribution in [1.82, 2.24) is 4.90 Å². The first-order valence-electron chi connectivity index (χ1n) is 9.95. The van der Waals surface area contributed by atoms with Gasteiger partial charge in [-0.15, -0.1) is 23.7 Å². The average molecular weight is 427 g/mol. The van der Waals surface area contributed by atoms with Gasteiger partial charge in [0.2, 0.25) is 0 Å². The lowest BCUT2D eigenvalue weighted by Gasteiger charge is -2.36. The van der Waals surface area contributed by atoms with Gasteiger partial charge in [-0.3, -0.25) is 9.69 Å². The SMILES string of the molecule is Cl.O=C(Cc1cccs1)c1ccc(N2CCN(CCc3ccccc3)CC2)cc1. The topological polar surface area (TPSA) is 23.6 Å². The molecule has 4 rings (SSSR count). The van der Waals surface area contributed by atoms with Gasteiger partial charge < -0.3 is 4.90 Å². The molecule has 0 radical (unpaired) electrons. The Morgan fingerprint density at radius 2 is 1.59 bits per heavy atom. The molecular formula is C24H27ClN2OS. The maximum Gasteiger partial charge on any atom is 0.168 e. The van der Waals surface area contributed by atoms with E-state index in [2.05, 4.69) is 52.3 Å². The number of thiophene rings is 1. The molecule has 152 valence electrons. The van der Waals surface area contributed by atoms with Crippen LogP contribution in [0.5, 0.6) is 0 Å². The smallest absolute Gasteiger partial charge is 0.168 e. The van der Waals surface area contributed by atoms with Crippen molar-refractivity contribution in [3.8, 4) is 0 Å². The molecule has 2 aromatic carbocycles. The second kappa shape index (κ2) is 10.6. The van der Waals surface area contributed by atoms with Crippen LogP contribution in [-0.4, -0.2) is 43.4 Å². The summed E-state index contributed by atoms with van der Waals surface area (Å²) in [6.45, 7) is 5.38. The predicted octanol–water partition coefficient (Wildman–Crippen LogP) is 4.96. The fraction of sp³-hybridized carbons (Fsp3) is 0.292. The maximum atomic E-state index is 12.4. The maximum absolute atomic E-state index is 12.4. The standard InChI is InChI=1S/C24H26N2OS.ClH/c27-24(19-23-7-4-18-28-23)21-8-10-22(11-9-21)26-16-14-25(15-17-26)13-12-20-5-2-1-3-6-20;/h1-11,18H,12-17,19H2;1H. The van der Waals surface area contributed by atoms with E-state index in [0.717, 1.165) is 49.6 Å². The molecule has 1 saturated heterocycles. The van der Waals surface area contributed by atoms with Crippen molar-refractivity contribution >= 4 is 35.2 Å². The van der Waals surface area contributed by atoms with Crippen LogP contribution in [0.2, 0.25) is 0 Å². The number of benzene rings is 2. The second-order valence-corrected chi connectivity index (χ2v) is 8.32. The van der Waals surface area contributed by atoms with Gasteiger partial charge >= 0.3 is 0 Å². The highest BCUT2D eigenvalue weighted by Crippen LogP contribution is 2.19. The molecule has 0 saturated carbocycles. The zero-order valence-corrected chi connectivity index (χ0v) is 18.1. The number of anilines is 1. The van der Waals surface area contributed by atoms with Gasteiger partial charge in [0.1, 0.15) is 0 Å². The number of carbonyl (C=O) groups is 1. The Hall–Kier alpha value is -2.14. The molecule has 2 heterocycles. The molecule has 0 bridgehead atoms. The van der Waals surface area contributed by atoms with Gasteiger partial charge in [-0.2, -0.15) is 0 Å². The summed E-state index contributed by atoms with van der Waals surface area (Å²) in [7, 11) is 0. The molecule has 0 unspecified atom stereocenters. The Balaban J connectivity index is 0.00000240. The van der Waals surface area contributed by atoms with E-state index in [-0.39, 0.29) is 18.2 Å².